The van der Waals surface area contributed by atoms with E-state index in [0.717, 1.165) is 24.2 Å². The van der Waals surface area contributed by atoms with E-state index < -0.39 is 11.9 Å². The molecule has 3 aromatic rings. The highest BCUT2D eigenvalue weighted by molar-refractivity contribution is 5.43. The molecule has 0 bridgehead atoms. The van der Waals surface area contributed by atoms with Crippen molar-refractivity contribution in [1.82, 2.24) is 14.7 Å². The molecule has 0 spiro atoms. The standard InChI is InChI=1S/C24H29F2N3O2/c1-4-13-28(15-21(30)5-2)16-23-17(3)27-29(20-11-9-18(25)10-12-20)24(23)31-22-8-6-7-19(26)14-22/h6-12,14,21,30H,4-5,13,15-16H2,1-3H3. The smallest absolute Gasteiger partial charge is 0.227 e. The number of nitrogens with zero attached hydrogens (tertiary/aromatic N) is 3. The number of aromatic nitrogens is 2. The molecule has 1 N–H and O–H groups in total. The van der Waals surface area contributed by atoms with Gasteiger partial charge in [0.2, 0.25) is 5.88 Å². The van der Waals surface area contributed by atoms with Crippen molar-refractivity contribution in [2.75, 3.05) is 13.1 Å². The molecule has 166 valence electrons. The number of ether oxygens (including phenoxy) is 1. The van der Waals surface area contributed by atoms with Crippen molar-refractivity contribution in [1.29, 1.82) is 0 Å². The first kappa shape index (κ1) is 22.9. The summed E-state index contributed by atoms with van der Waals surface area (Å²) in [7, 11) is 0. The molecule has 0 saturated carbocycles. The highest BCUT2D eigenvalue weighted by Crippen LogP contribution is 2.32. The summed E-state index contributed by atoms with van der Waals surface area (Å²) < 4.78 is 34.9. The summed E-state index contributed by atoms with van der Waals surface area (Å²) in [6.45, 7) is 7.77. The number of aliphatic hydroxyl groups is 1. The summed E-state index contributed by atoms with van der Waals surface area (Å²) in [5.74, 6) is 0.0485. The Hall–Kier alpha value is -2.77. The zero-order valence-electron chi connectivity index (χ0n) is 18.2. The Kier molecular flexibility index (Phi) is 7.76. The van der Waals surface area contributed by atoms with Gasteiger partial charge in [-0.25, -0.2) is 13.5 Å². The van der Waals surface area contributed by atoms with Crippen LogP contribution in [0.15, 0.2) is 48.5 Å². The van der Waals surface area contributed by atoms with Gasteiger partial charge in [-0.3, -0.25) is 4.90 Å². The average molecular weight is 430 g/mol. The zero-order valence-corrected chi connectivity index (χ0v) is 18.2. The average Bonchev–Trinajstić information content (AvgIpc) is 3.04. The zero-order chi connectivity index (χ0) is 22.4. The summed E-state index contributed by atoms with van der Waals surface area (Å²) in [6.07, 6.45) is 1.18. The highest BCUT2D eigenvalue weighted by Gasteiger charge is 2.22. The molecule has 1 heterocycles. The molecule has 0 aliphatic rings. The minimum Gasteiger partial charge on any atom is -0.438 e. The number of aliphatic hydroxyl groups excluding tert-OH is 1. The third kappa shape index (κ3) is 5.89. The van der Waals surface area contributed by atoms with Crippen LogP contribution < -0.4 is 4.74 Å². The van der Waals surface area contributed by atoms with E-state index >= 15 is 0 Å². The third-order valence-electron chi connectivity index (χ3n) is 5.08. The number of hydrogen-bond acceptors (Lipinski definition) is 4. The largest absolute Gasteiger partial charge is 0.438 e. The lowest BCUT2D eigenvalue weighted by Gasteiger charge is -2.24. The minimum atomic E-state index is -0.424. The van der Waals surface area contributed by atoms with Gasteiger partial charge in [-0.1, -0.05) is 19.9 Å². The van der Waals surface area contributed by atoms with Crippen LogP contribution in [0.5, 0.6) is 11.6 Å². The van der Waals surface area contributed by atoms with E-state index in [1.807, 2.05) is 13.8 Å². The Morgan fingerprint density at radius 2 is 1.84 bits per heavy atom. The van der Waals surface area contributed by atoms with Gasteiger partial charge in [0.1, 0.15) is 17.4 Å². The quantitative estimate of drug-likeness (QED) is 0.479. The first-order chi connectivity index (χ1) is 14.9. The van der Waals surface area contributed by atoms with Gasteiger partial charge in [0.15, 0.2) is 0 Å². The molecule has 0 saturated heterocycles. The van der Waals surface area contributed by atoms with E-state index in [0.29, 0.717) is 36.8 Å². The Bertz CT molecular complexity index is 989. The summed E-state index contributed by atoms with van der Waals surface area (Å²) in [5.41, 5.74) is 2.23. The molecule has 1 unspecified atom stereocenters. The van der Waals surface area contributed by atoms with Gasteiger partial charge in [-0.2, -0.15) is 5.10 Å². The van der Waals surface area contributed by atoms with Gasteiger partial charge in [-0.05, 0) is 62.7 Å². The molecule has 0 amide bonds. The summed E-state index contributed by atoms with van der Waals surface area (Å²) in [6, 6.07) is 11.9. The topological polar surface area (TPSA) is 50.5 Å². The van der Waals surface area contributed by atoms with Gasteiger partial charge in [-0.15, -0.1) is 0 Å². The van der Waals surface area contributed by atoms with Crippen molar-refractivity contribution >= 4 is 0 Å². The SMILES string of the molecule is CCCN(Cc1c(C)nn(-c2ccc(F)cc2)c1Oc1cccc(F)c1)CC(O)CC. The predicted molar refractivity (Wildman–Crippen MR) is 117 cm³/mol. The van der Waals surface area contributed by atoms with Gasteiger partial charge in [0, 0.05) is 19.2 Å². The van der Waals surface area contributed by atoms with Gasteiger partial charge in [0.05, 0.1) is 23.0 Å². The Morgan fingerprint density at radius 1 is 1.10 bits per heavy atom. The van der Waals surface area contributed by atoms with E-state index in [2.05, 4.69) is 16.9 Å². The molecule has 0 aliphatic carbocycles. The third-order valence-corrected chi connectivity index (χ3v) is 5.08. The summed E-state index contributed by atoms with van der Waals surface area (Å²) >= 11 is 0. The first-order valence-corrected chi connectivity index (χ1v) is 10.6. The Labute approximate surface area is 181 Å². The maximum absolute atomic E-state index is 13.8. The van der Waals surface area contributed by atoms with Crippen LogP contribution in [-0.4, -0.2) is 39.0 Å². The molecule has 31 heavy (non-hydrogen) atoms. The van der Waals surface area contributed by atoms with Crippen LogP contribution in [0.25, 0.3) is 5.69 Å². The van der Waals surface area contributed by atoms with Crippen molar-refractivity contribution < 1.29 is 18.6 Å². The molecule has 1 aromatic heterocycles. The molecular weight excluding hydrogens is 400 g/mol. The molecular formula is C24H29F2N3O2. The number of rotatable bonds is 10. The Morgan fingerprint density at radius 3 is 2.48 bits per heavy atom. The van der Waals surface area contributed by atoms with Crippen LogP contribution >= 0.6 is 0 Å². The lowest BCUT2D eigenvalue weighted by Crippen LogP contribution is -2.32. The van der Waals surface area contributed by atoms with E-state index in [1.165, 1.54) is 24.3 Å². The molecule has 0 aliphatic heterocycles. The van der Waals surface area contributed by atoms with Gasteiger partial charge in [0.25, 0.3) is 0 Å². The number of benzene rings is 2. The van der Waals surface area contributed by atoms with Crippen LogP contribution in [0.3, 0.4) is 0 Å². The maximum atomic E-state index is 13.8. The second-order valence-corrected chi connectivity index (χ2v) is 7.61. The highest BCUT2D eigenvalue weighted by atomic mass is 19.1. The number of aryl methyl sites for hydroxylation is 1. The first-order valence-electron chi connectivity index (χ1n) is 10.6. The predicted octanol–water partition coefficient (Wildman–Crippen LogP) is 5.23. The van der Waals surface area contributed by atoms with Crippen molar-refractivity contribution in [3.05, 3.63) is 71.4 Å². The van der Waals surface area contributed by atoms with Crippen LogP contribution in [0.1, 0.15) is 37.9 Å². The molecule has 5 nitrogen and oxygen atoms in total. The fourth-order valence-corrected chi connectivity index (χ4v) is 3.43. The van der Waals surface area contributed by atoms with Crippen molar-refractivity contribution in [2.24, 2.45) is 0 Å². The van der Waals surface area contributed by atoms with E-state index in [9.17, 15) is 13.9 Å². The monoisotopic (exact) mass is 429 g/mol. The summed E-state index contributed by atoms with van der Waals surface area (Å²) in [5, 5.41) is 14.8. The van der Waals surface area contributed by atoms with Gasteiger partial charge >= 0.3 is 0 Å². The second kappa shape index (κ2) is 10.5. The Balaban J connectivity index is 2.03. The molecule has 2 aromatic carbocycles. The maximum Gasteiger partial charge on any atom is 0.227 e. The van der Waals surface area contributed by atoms with Crippen molar-refractivity contribution in [3.8, 4) is 17.3 Å². The molecule has 0 fully saturated rings. The van der Waals surface area contributed by atoms with Crippen molar-refractivity contribution in [3.63, 3.8) is 0 Å². The molecule has 3 rings (SSSR count). The molecule has 0 radical (unpaired) electrons. The van der Waals surface area contributed by atoms with Crippen LogP contribution in [0, 0.1) is 18.6 Å². The minimum absolute atomic E-state index is 0.344. The lowest BCUT2D eigenvalue weighted by atomic mass is 10.2. The van der Waals surface area contributed by atoms with E-state index in [4.69, 9.17) is 4.74 Å². The number of hydrogen-bond donors (Lipinski definition) is 1. The van der Waals surface area contributed by atoms with Crippen LogP contribution in [0.2, 0.25) is 0 Å². The van der Waals surface area contributed by atoms with Gasteiger partial charge < -0.3 is 9.84 Å². The molecule has 1 atom stereocenters. The number of halogens is 2. The van der Waals surface area contributed by atoms with Crippen LogP contribution in [0.4, 0.5) is 8.78 Å². The second-order valence-electron chi connectivity index (χ2n) is 7.61. The molecule has 7 heteroatoms. The van der Waals surface area contributed by atoms with E-state index in [-0.39, 0.29) is 5.82 Å². The van der Waals surface area contributed by atoms with Crippen molar-refractivity contribution in [2.45, 2.75) is 46.3 Å². The lowest BCUT2D eigenvalue weighted by molar-refractivity contribution is 0.105. The van der Waals surface area contributed by atoms with Crippen LogP contribution in [-0.2, 0) is 6.54 Å². The normalized spacial score (nSPS) is 12.4. The fourth-order valence-electron chi connectivity index (χ4n) is 3.43. The fraction of sp³-hybridized carbons (Fsp3) is 0.375. The summed E-state index contributed by atoms with van der Waals surface area (Å²) in [4.78, 5) is 2.16. The van der Waals surface area contributed by atoms with E-state index in [1.54, 1.807) is 28.9 Å².